The third-order valence-electron chi connectivity index (χ3n) is 6.92. The van der Waals surface area contributed by atoms with Crippen LogP contribution in [-0.2, 0) is 29.5 Å². The van der Waals surface area contributed by atoms with Crippen LogP contribution in [0.2, 0.25) is 0 Å². The molecule has 1 saturated heterocycles. The van der Waals surface area contributed by atoms with Crippen molar-refractivity contribution in [1.29, 1.82) is 0 Å². The Bertz CT molecular complexity index is 1330. The molecular formula is C28H31N3O3S. The molecule has 3 aromatic rings. The molecule has 0 bridgehead atoms. The number of amides is 1. The van der Waals surface area contributed by atoms with Crippen molar-refractivity contribution in [2.75, 3.05) is 30.2 Å². The third kappa shape index (κ3) is 5.26. The highest BCUT2D eigenvalue weighted by atomic mass is 32.2. The van der Waals surface area contributed by atoms with E-state index in [0.29, 0.717) is 30.8 Å². The van der Waals surface area contributed by atoms with Crippen molar-refractivity contribution in [3.63, 3.8) is 0 Å². The number of likely N-dealkylation sites (tertiary alicyclic amines) is 1. The molecule has 35 heavy (non-hydrogen) atoms. The fraction of sp³-hybridized carbons (Fsp3) is 0.321. The van der Waals surface area contributed by atoms with Crippen LogP contribution in [0.3, 0.4) is 0 Å². The summed E-state index contributed by atoms with van der Waals surface area (Å²) < 4.78 is 25.3. The number of nitrogens with zero attached hydrogens (tertiary/aromatic N) is 2. The second-order valence-corrected chi connectivity index (χ2v) is 11.4. The molecule has 0 atom stereocenters. The second-order valence-electron chi connectivity index (χ2n) is 9.45. The lowest BCUT2D eigenvalue weighted by molar-refractivity contribution is 0.0951. The van der Waals surface area contributed by atoms with E-state index < -0.39 is 10.0 Å². The van der Waals surface area contributed by atoms with Crippen LogP contribution in [0.25, 0.3) is 11.1 Å². The molecule has 5 rings (SSSR count). The maximum Gasteiger partial charge on any atom is 0.251 e. The third-order valence-corrected chi connectivity index (χ3v) is 8.10. The minimum atomic E-state index is -3.31. The number of fused-ring (bicyclic) bond motifs is 1. The Balaban J connectivity index is 1.27. The Labute approximate surface area is 207 Å². The largest absolute Gasteiger partial charge is 0.348 e. The standard InChI is InChI=1S/C28H31N3O3S/c1-35(33,34)31-17-14-23-18-24(12-13-27(23)31)28(32)29-19-25-6-2-3-7-26(25)22-10-8-21(9-11-22)20-30-15-4-5-16-30/h2-3,6-13,18H,4-5,14-17,19-20H2,1H3,(H,29,32). The maximum atomic E-state index is 12.9. The molecule has 2 aliphatic rings. The molecule has 0 unspecified atom stereocenters. The predicted octanol–water partition coefficient (Wildman–Crippen LogP) is 4.20. The Morgan fingerprint density at radius 3 is 2.43 bits per heavy atom. The highest BCUT2D eigenvalue weighted by Crippen LogP contribution is 2.31. The Morgan fingerprint density at radius 2 is 1.69 bits per heavy atom. The monoisotopic (exact) mass is 489 g/mol. The van der Waals surface area contributed by atoms with Gasteiger partial charge in [-0.2, -0.15) is 0 Å². The fourth-order valence-corrected chi connectivity index (χ4v) is 6.04. The van der Waals surface area contributed by atoms with Crippen LogP contribution in [0.15, 0.2) is 66.7 Å². The zero-order valence-corrected chi connectivity index (χ0v) is 20.9. The van der Waals surface area contributed by atoms with E-state index in [1.807, 2.05) is 18.2 Å². The predicted molar refractivity (Wildman–Crippen MR) is 140 cm³/mol. The van der Waals surface area contributed by atoms with Crippen LogP contribution in [0, 0.1) is 0 Å². The van der Waals surface area contributed by atoms with E-state index in [-0.39, 0.29) is 5.91 Å². The van der Waals surface area contributed by atoms with Crippen molar-refractivity contribution in [3.05, 3.63) is 89.0 Å². The molecule has 0 spiro atoms. The SMILES string of the molecule is CS(=O)(=O)N1CCc2cc(C(=O)NCc3ccccc3-c3ccc(CN4CCCC4)cc3)ccc21. The number of carbonyl (C=O) groups excluding carboxylic acids is 1. The summed E-state index contributed by atoms with van der Waals surface area (Å²) in [4.78, 5) is 15.4. The van der Waals surface area contributed by atoms with Crippen molar-refractivity contribution in [2.24, 2.45) is 0 Å². The molecule has 7 heteroatoms. The van der Waals surface area contributed by atoms with Gasteiger partial charge in [-0.25, -0.2) is 8.42 Å². The molecule has 2 heterocycles. The van der Waals surface area contributed by atoms with Crippen molar-refractivity contribution < 1.29 is 13.2 Å². The lowest BCUT2D eigenvalue weighted by atomic mass is 9.98. The van der Waals surface area contributed by atoms with Crippen LogP contribution in [-0.4, -0.2) is 45.1 Å². The Hall–Kier alpha value is -3.16. The van der Waals surface area contributed by atoms with Crippen LogP contribution in [0.5, 0.6) is 0 Å². The number of sulfonamides is 1. The van der Waals surface area contributed by atoms with Gasteiger partial charge in [0, 0.05) is 25.2 Å². The summed E-state index contributed by atoms with van der Waals surface area (Å²) in [5.41, 5.74) is 6.73. The lowest BCUT2D eigenvalue weighted by Gasteiger charge is -2.16. The second kappa shape index (κ2) is 9.84. The summed E-state index contributed by atoms with van der Waals surface area (Å²) in [6, 6.07) is 22.1. The van der Waals surface area contributed by atoms with Gasteiger partial charge in [-0.3, -0.25) is 14.0 Å². The molecule has 182 valence electrons. The number of hydrogen-bond donors (Lipinski definition) is 1. The van der Waals surface area contributed by atoms with Crippen molar-refractivity contribution in [2.45, 2.75) is 32.4 Å². The quantitative estimate of drug-likeness (QED) is 0.540. The first-order chi connectivity index (χ1) is 16.9. The molecule has 2 aliphatic heterocycles. The summed E-state index contributed by atoms with van der Waals surface area (Å²) in [5, 5.41) is 3.04. The van der Waals surface area contributed by atoms with Gasteiger partial charge in [0.15, 0.2) is 0 Å². The van der Waals surface area contributed by atoms with E-state index in [1.54, 1.807) is 18.2 Å². The van der Waals surface area contributed by atoms with Gasteiger partial charge >= 0.3 is 0 Å². The average molecular weight is 490 g/mol. The van der Waals surface area contributed by atoms with Crippen LogP contribution >= 0.6 is 0 Å². The van der Waals surface area contributed by atoms with Gasteiger partial charge in [0.05, 0.1) is 11.9 Å². The summed E-state index contributed by atoms with van der Waals surface area (Å²) in [7, 11) is -3.31. The number of benzene rings is 3. The van der Waals surface area contributed by atoms with E-state index in [1.165, 1.54) is 42.1 Å². The molecule has 1 fully saturated rings. The Morgan fingerprint density at radius 1 is 0.943 bits per heavy atom. The van der Waals surface area contributed by atoms with Crippen molar-refractivity contribution in [1.82, 2.24) is 10.2 Å². The average Bonchev–Trinajstić information content (AvgIpc) is 3.52. The Kier molecular flexibility index (Phi) is 6.62. The topological polar surface area (TPSA) is 69.7 Å². The number of anilines is 1. The van der Waals surface area contributed by atoms with Gasteiger partial charge in [0.25, 0.3) is 5.91 Å². The lowest BCUT2D eigenvalue weighted by Crippen LogP contribution is -2.27. The molecule has 1 amide bonds. The molecule has 0 radical (unpaired) electrons. The minimum absolute atomic E-state index is 0.165. The van der Waals surface area contributed by atoms with Gasteiger partial charge in [0.2, 0.25) is 10.0 Å². The molecule has 3 aromatic carbocycles. The summed E-state index contributed by atoms with van der Waals surface area (Å²) >= 11 is 0. The molecule has 0 aliphatic carbocycles. The molecular weight excluding hydrogens is 458 g/mol. The van der Waals surface area contributed by atoms with E-state index >= 15 is 0 Å². The highest BCUT2D eigenvalue weighted by Gasteiger charge is 2.26. The van der Waals surface area contributed by atoms with Gasteiger partial charge in [0.1, 0.15) is 0 Å². The highest BCUT2D eigenvalue weighted by molar-refractivity contribution is 7.92. The van der Waals surface area contributed by atoms with E-state index in [4.69, 9.17) is 0 Å². The smallest absolute Gasteiger partial charge is 0.251 e. The molecule has 0 saturated carbocycles. The first kappa shape index (κ1) is 23.6. The summed E-state index contributed by atoms with van der Waals surface area (Å²) in [5.74, 6) is -0.165. The normalized spacial score (nSPS) is 15.9. The van der Waals surface area contributed by atoms with Gasteiger partial charge < -0.3 is 5.32 Å². The van der Waals surface area contributed by atoms with Gasteiger partial charge in [-0.15, -0.1) is 0 Å². The van der Waals surface area contributed by atoms with Crippen LogP contribution in [0.4, 0.5) is 5.69 Å². The first-order valence-electron chi connectivity index (χ1n) is 12.2. The number of nitrogens with one attached hydrogen (secondary N) is 1. The number of rotatable bonds is 7. The fourth-order valence-electron chi connectivity index (χ4n) is 5.08. The zero-order chi connectivity index (χ0) is 24.4. The molecule has 6 nitrogen and oxygen atoms in total. The maximum absolute atomic E-state index is 12.9. The first-order valence-corrected chi connectivity index (χ1v) is 14.0. The number of hydrogen-bond acceptors (Lipinski definition) is 4. The van der Waals surface area contributed by atoms with Crippen molar-refractivity contribution in [3.8, 4) is 11.1 Å². The molecule has 0 aromatic heterocycles. The van der Waals surface area contributed by atoms with Crippen LogP contribution < -0.4 is 9.62 Å². The minimum Gasteiger partial charge on any atom is -0.348 e. The summed E-state index contributed by atoms with van der Waals surface area (Å²) in [6.07, 6.45) is 4.41. The van der Waals surface area contributed by atoms with E-state index in [0.717, 1.165) is 28.8 Å². The zero-order valence-electron chi connectivity index (χ0n) is 20.0. The van der Waals surface area contributed by atoms with E-state index in [2.05, 4.69) is 40.5 Å². The summed E-state index contributed by atoms with van der Waals surface area (Å²) in [6.45, 7) is 4.20. The van der Waals surface area contributed by atoms with Gasteiger partial charge in [-0.1, -0.05) is 48.5 Å². The van der Waals surface area contributed by atoms with Gasteiger partial charge in [-0.05, 0) is 78.4 Å². The van der Waals surface area contributed by atoms with Crippen LogP contribution in [0.1, 0.15) is 39.9 Å². The van der Waals surface area contributed by atoms with Crippen molar-refractivity contribution >= 4 is 21.6 Å². The molecule has 1 N–H and O–H groups in total. The number of carbonyl (C=O) groups is 1. The van der Waals surface area contributed by atoms with E-state index in [9.17, 15) is 13.2 Å².